The van der Waals surface area contributed by atoms with Gasteiger partial charge in [0, 0.05) is 26.0 Å². The van der Waals surface area contributed by atoms with Gasteiger partial charge >= 0.3 is 12.1 Å². The lowest BCUT2D eigenvalue weighted by Crippen LogP contribution is -2.47. The molecule has 0 bridgehead atoms. The lowest BCUT2D eigenvalue weighted by Gasteiger charge is -2.46. The zero-order valence-electron chi connectivity index (χ0n) is 44.5. The first-order valence-electron chi connectivity index (χ1n) is 27.5. The second-order valence-corrected chi connectivity index (χ2v) is 22.0. The normalized spacial score (nSPS) is 12.7. The predicted molar refractivity (Wildman–Crippen MR) is 273 cm³/mol. The van der Waals surface area contributed by atoms with Gasteiger partial charge in [-0.2, -0.15) is 0 Å². The van der Waals surface area contributed by atoms with Gasteiger partial charge < -0.3 is 24.8 Å². The number of hydrogen-bond acceptors (Lipinski definition) is 6. The molecule has 8 nitrogen and oxygen atoms in total. The summed E-state index contributed by atoms with van der Waals surface area (Å²) in [7, 11) is 0. The Morgan fingerprint density at radius 2 is 0.859 bits per heavy atom. The number of hydrogen-bond donors (Lipinski definition) is 2. The smallest absolute Gasteiger partial charge is 0.407 e. The average Bonchev–Trinajstić information content (AvgIpc) is 3.23. The van der Waals surface area contributed by atoms with Gasteiger partial charge in [0.1, 0.15) is 13.2 Å². The van der Waals surface area contributed by atoms with Gasteiger partial charge in [-0.05, 0) is 56.3 Å². The third-order valence-corrected chi connectivity index (χ3v) is 13.8. The second-order valence-electron chi connectivity index (χ2n) is 22.0. The van der Waals surface area contributed by atoms with Crippen LogP contribution in [0.25, 0.3) is 0 Å². The van der Waals surface area contributed by atoms with Crippen molar-refractivity contribution in [2.45, 2.75) is 299 Å². The maximum atomic E-state index is 13.1. The molecule has 0 heterocycles. The minimum Gasteiger partial charge on any atom is -0.463 e. The Morgan fingerprint density at radius 3 is 1.27 bits per heavy atom. The van der Waals surface area contributed by atoms with Gasteiger partial charge in [-0.15, -0.1) is 0 Å². The molecule has 2 N–H and O–H groups in total. The molecule has 0 fully saturated rings. The topological polar surface area (TPSA) is 103 Å². The first kappa shape index (κ1) is 62.2. The van der Waals surface area contributed by atoms with E-state index in [0.717, 1.165) is 58.0 Å². The second kappa shape index (κ2) is 40.3. The fourth-order valence-electron chi connectivity index (χ4n) is 8.68. The van der Waals surface area contributed by atoms with Crippen LogP contribution in [0.1, 0.15) is 288 Å². The highest BCUT2D eigenvalue weighted by Crippen LogP contribution is 2.44. The molecule has 0 saturated carbocycles. The fourth-order valence-corrected chi connectivity index (χ4v) is 8.68. The number of amides is 2. The van der Waals surface area contributed by atoms with Crippen LogP contribution in [0.2, 0.25) is 0 Å². The Morgan fingerprint density at radius 1 is 0.484 bits per heavy atom. The molecule has 0 aromatic carbocycles. The molecule has 0 aliphatic rings. The molecule has 0 rings (SSSR count). The first-order chi connectivity index (χ1) is 30.5. The Kier molecular flexibility index (Phi) is 39.1. The molecule has 380 valence electrons. The monoisotopic (exact) mass is 907 g/mol. The number of ether oxygens (including phenoxy) is 3. The van der Waals surface area contributed by atoms with Crippen molar-refractivity contribution < 1.29 is 28.6 Å². The average molecular weight is 908 g/mol. The van der Waals surface area contributed by atoms with Crippen molar-refractivity contribution in [2.75, 3.05) is 26.4 Å². The van der Waals surface area contributed by atoms with Gasteiger partial charge in [-0.1, -0.05) is 235 Å². The lowest BCUT2D eigenvalue weighted by molar-refractivity contribution is -0.145. The highest BCUT2D eigenvalue weighted by atomic mass is 16.6. The van der Waals surface area contributed by atoms with Crippen molar-refractivity contribution in [3.8, 4) is 0 Å². The van der Waals surface area contributed by atoms with E-state index in [2.05, 4.69) is 79.9 Å². The Hall–Kier alpha value is -1.83. The molecule has 0 aliphatic carbocycles. The van der Waals surface area contributed by atoms with E-state index in [4.69, 9.17) is 14.2 Å². The number of rotatable bonds is 46. The number of alkyl carbamates (subject to hydrolysis) is 1. The summed E-state index contributed by atoms with van der Waals surface area (Å²) in [5, 5.41) is 5.99. The van der Waals surface area contributed by atoms with Crippen LogP contribution in [0.3, 0.4) is 0 Å². The van der Waals surface area contributed by atoms with Crippen LogP contribution in [-0.2, 0) is 23.8 Å². The lowest BCUT2D eigenvalue weighted by atomic mass is 9.63. The third-order valence-electron chi connectivity index (χ3n) is 13.8. The van der Waals surface area contributed by atoms with Crippen LogP contribution in [0.5, 0.6) is 0 Å². The van der Waals surface area contributed by atoms with Crippen molar-refractivity contribution in [1.29, 1.82) is 0 Å². The Labute approximate surface area is 398 Å². The molecule has 2 amide bonds. The summed E-state index contributed by atoms with van der Waals surface area (Å²) in [5.41, 5.74) is -0.697. The van der Waals surface area contributed by atoms with E-state index >= 15 is 0 Å². The minimum atomic E-state index is -0.604. The zero-order valence-corrected chi connectivity index (χ0v) is 44.5. The minimum absolute atomic E-state index is 0.0140. The molecule has 0 radical (unpaired) electrons. The summed E-state index contributed by atoms with van der Waals surface area (Å²) in [6, 6.07) is -0.604. The summed E-state index contributed by atoms with van der Waals surface area (Å²) in [4.78, 5) is 38.9. The number of carbonyl (C=O) groups is 3. The highest BCUT2D eigenvalue weighted by molar-refractivity contribution is 5.76. The van der Waals surface area contributed by atoms with E-state index in [1.54, 1.807) is 0 Å². The molecule has 64 heavy (non-hydrogen) atoms. The predicted octanol–water partition coefficient (Wildman–Crippen LogP) is 16.5. The quantitative estimate of drug-likeness (QED) is 0.0466. The van der Waals surface area contributed by atoms with E-state index < -0.39 is 12.1 Å². The largest absolute Gasteiger partial charge is 0.463 e. The van der Waals surface area contributed by atoms with Gasteiger partial charge in [0.15, 0.2) is 0 Å². The molecule has 1 unspecified atom stereocenters. The number of esters is 1. The summed E-state index contributed by atoms with van der Waals surface area (Å²) < 4.78 is 17.6. The highest BCUT2D eigenvalue weighted by Gasteiger charge is 2.41. The molecule has 0 saturated heterocycles. The molecule has 0 spiro atoms. The standard InChI is InChI=1S/C56H110N2O6/c1-11-13-15-17-19-21-23-25-27-29-31-33-35-37-39-41-51(59)58-50(45-62-52(60)42-40-38-36-34-32-30-28-26-24-22-20-18-16-14-12-2)46-63-53(61)57-48-55(7,8)54(5,6)47-56(9,10)64-44-43-49(3)4/h49-50H,11-48H2,1-10H3,(H,57,61)(H,58,59). The maximum Gasteiger partial charge on any atom is 0.407 e. The summed E-state index contributed by atoms with van der Waals surface area (Å²) in [6.45, 7) is 23.1. The number of unbranched alkanes of at least 4 members (excludes halogenated alkanes) is 28. The van der Waals surface area contributed by atoms with E-state index in [1.165, 1.54) is 154 Å². The maximum absolute atomic E-state index is 13.1. The van der Waals surface area contributed by atoms with E-state index in [1.807, 2.05) is 0 Å². The number of nitrogens with one attached hydrogen (secondary N) is 2. The van der Waals surface area contributed by atoms with Gasteiger partial charge in [0.05, 0.1) is 11.6 Å². The molecule has 8 heteroatoms. The van der Waals surface area contributed by atoms with Gasteiger partial charge in [-0.3, -0.25) is 9.59 Å². The molecule has 0 aromatic heterocycles. The van der Waals surface area contributed by atoms with Gasteiger partial charge in [0.2, 0.25) is 5.91 Å². The first-order valence-corrected chi connectivity index (χ1v) is 27.5. The van der Waals surface area contributed by atoms with Crippen LogP contribution in [0.15, 0.2) is 0 Å². The number of carbonyl (C=O) groups excluding carboxylic acids is 3. The van der Waals surface area contributed by atoms with Crippen LogP contribution >= 0.6 is 0 Å². The molecular weight excluding hydrogens is 797 g/mol. The van der Waals surface area contributed by atoms with Crippen LogP contribution in [0, 0.1) is 16.7 Å². The summed E-state index contributed by atoms with van der Waals surface area (Å²) >= 11 is 0. The van der Waals surface area contributed by atoms with Crippen LogP contribution in [-0.4, -0.2) is 56.0 Å². The fraction of sp³-hybridized carbons (Fsp3) is 0.946. The molecular formula is C56H110N2O6. The summed E-state index contributed by atoms with van der Waals surface area (Å²) in [5.74, 6) is 0.238. The van der Waals surface area contributed by atoms with Crippen LogP contribution in [0.4, 0.5) is 4.79 Å². The van der Waals surface area contributed by atoms with Gasteiger partial charge in [0.25, 0.3) is 0 Å². The Balaban J connectivity index is 4.77. The van der Waals surface area contributed by atoms with Crippen molar-refractivity contribution in [1.82, 2.24) is 10.6 Å². The summed E-state index contributed by atoms with van der Waals surface area (Å²) in [6.07, 6.45) is 40.4. The third kappa shape index (κ3) is 38.3. The van der Waals surface area contributed by atoms with Crippen molar-refractivity contribution in [3.05, 3.63) is 0 Å². The molecule has 0 aromatic rings. The SMILES string of the molecule is CCCCCCCCCCCCCCCCCC(=O)NC(COC(=O)CCCCCCCCCCCCCCCCC)COC(=O)NCC(C)(C)C(C)(C)CC(C)(C)OCCC(C)C. The molecule has 1 atom stereocenters. The molecule has 0 aliphatic heterocycles. The van der Waals surface area contributed by atoms with E-state index in [0.29, 0.717) is 25.3 Å². The van der Waals surface area contributed by atoms with Crippen LogP contribution < -0.4 is 10.6 Å². The van der Waals surface area contributed by atoms with Crippen molar-refractivity contribution in [3.63, 3.8) is 0 Å². The van der Waals surface area contributed by atoms with Crippen molar-refractivity contribution in [2.24, 2.45) is 16.7 Å². The zero-order chi connectivity index (χ0) is 47.8. The van der Waals surface area contributed by atoms with E-state index in [9.17, 15) is 14.4 Å². The van der Waals surface area contributed by atoms with Gasteiger partial charge in [-0.25, -0.2) is 4.79 Å². The van der Waals surface area contributed by atoms with E-state index in [-0.39, 0.29) is 41.5 Å². The van der Waals surface area contributed by atoms with Crippen molar-refractivity contribution >= 4 is 18.0 Å². The Bertz CT molecular complexity index is 1100.